The first-order chi connectivity index (χ1) is 10.1. The van der Waals surface area contributed by atoms with Crippen molar-refractivity contribution in [3.8, 4) is 0 Å². The fraction of sp³-hybridized carbons (Fsp3) is 0.500. The summed E-state index contributed by atoms with van der Waals surface area (Å²) in [7, 11) is 0. The van der Waals surface area contributed by atoms with E-state index in [1.165, 1.54) is 0 Å². The summed E-state index contributed by atoms with van der Waals surface area (Å²) in [6, 6.07) is 7.60. The van der Waals surface area contributed by atoms with E-state index < -0.39 is 0 Å². The molecule has 0 unspecified atom stereocenters. The highest BCUT2D eigenvalue weighted by Gasteiger charge is 2.20. The van der Waals surface area contributed by atoms with Crippen LogP contribution in [0.4, 0.5) is 5.69 Å². The van der Waals surface area contributed by atoms with Crippen LogP contribution >= 0.6 is 0 Å². The molecule has 21 heavy (non-hydrogen) atoms. The topological polar surface area (TPSA) is 60.9 Å². The zero-order chi connectivity index (χ0) is 15.2. The van der Waals surface area contributed by atoms with E-state index in [9.17, 15) is 9.59 Å². The van der Waals surface area contributed by atoms with E-state index in [0.717, 1.165) is 24.3 Å². The number of hydrogen-bond acceptors (Lipinski definition) is 4. The molecule has 1 aliphatic heterocycles. The van der Waals surface area contributed by atoms with Gasteiger partial charge in [-0.05, 0) is 37.6 Å². The van der Waals surface area contributed by atoms with Gasteiger partial charge in [-0.25, -0.2) is 0 Å². The van der Waals surface area contributed by atoms with Crippen molar-refractivity contribution in [2.24, 2.45) is 0 Å². The Hall–Kier alpha value is -1.88. The molecule has 0 atom stereocenters. The second-order valence-corrected chi connectivity index (χ2v) is 5.30. The van der Waals surface area contributed by atoms with E-state index in [4.69, 9.17) is 5.11 Å². The van der Waals surface area contributed by atoms with Gasteiger partial charge in [0.25, 0.3) is 0 Å². The Balaban J connectivity index is 1.88. The molecule has 0 aliphatic carbocycles. The third-order valence-electron chi connectivity index (χ3n) is 3.82. The van der Waals surface area contributed by atoms with Crippen LogP contribution in [0.1, 0.15) is 30.1 Å². The number of amides is 1. The molecule has 0 saturated carbocycles. The lowest BCUT2D eigenvalue weighted by atomic mass is 10.1. The van der Waals surface area contributed by atoms with E-state index in [2.05, 4.69) is 4.90 Å². The molecule has 0 bridgehead atoms. The van der Waals surface area contributed by atoms with Crippen molar-refractivity contribution in [2.75, 3.05) is 37.7 Å². The van der Waals surface area contributed by atoms with Crippen molar-refractivity contribution in [1.82, 2.24) is 4.90 Å². The summed E-state index contributed by atoms with van der Waals surface area (Å²) in [6.45, 7) is 4.63. The number of anilines is 1. The highest BCUT2D eigenvalue weighted by atomic mass is 16.3. The van der Waals surface area contributed by atoms with Gasteiger partial charge in [0.2, 0.25) is 5.91 Å². The molecule has 2 rings (SSSR count). The van der Waals surface area contributed by atoms with Crippen LogP contribution in [0.3, 0.4) is 0 Å². The van der Waals surface area contributed by atoms with E-state index in [1.54, 1.807) is 6.92 Å². The Labute approximate surface area is 125 Å². The van der Waals surface area contributed by atoms with E-state index >= 15 is 0 Å². The fourth-order valence-electron chi connectivity index (χ4n) is 2.51. The quantitative estimate of drug-likeness (QED) is 0.831. The fourth-order valence-corrected chi connectivity index (χ4v) is 2.51. The highest BCUT2D eigenvalue weighted by Crippen LogP contribution is 2.18. The Morgan fingerprint density at radius 2 is 1.71 bits per heavy atom. The lowest BCUT2D eigenvalue weighted by molar-refractivity contribution is -0.131. The molecular weight excluding hydrogens is 268 g/mol. The van der Waals surface area contributed by atoms with Crippen molar-refractivity contribution >= 4 is 17.4 Å². The van der Waals surface area contributed by atoms with Gasteiger partial charge in [-0.1, -0.05) is 0 Å². The normalized spacial score (nSPS) is 15.1. The molecule has 1 aromatic carbocycles. The molecule has 1 N–H and O–H groups in total. The van der Waals surface area contributed by atoms with Crippen molar-refractivity contribution in [3.05, 3.63) is 29.8 Å². The maximum absolute atomic E-state index is 11.9. The van der Waals surface area contributed by atoms with Gasteiger partial charge in [-0.15, -0.1) is 0 Å². The van der Waals surface area contributed by atoms with Crippen LogP contribution < -0.4 is 4.90 Å². The number of nitrogens with zero attached hydrogens (tertiary/aromatic N) is 2. The van der Waals surface area contributed by atoms with Gasteiger partial charge < -0.3 is 14.9 Å². The summed E-state index contributed by atoms with van der Waals surface area (Å²) < 4.78 is 0. The minimum Gasteiger partial charge on any atom is -0.396 e. The summed E-state index contributed by atoms with van der Waals surface area (Å²) in [6.07, 6.45) is 0.954. The number of aliphatic hydroxyl groups is 1. The molecule has 1 heterocycles. The molecule has 5 nitrogen and oxygen atoms in total. The smallest absolute Gasteiger partial charge is 0.222 e. The predicted molar refractivity (Wildman–Crippen MR) is 81.6 cm³/mol. The van der Waals surface area contributed by atoms with Crippen LogP contribution in [0.5, 0.6) is 0 Å². The summed E-state index contributed by atoms with van der Waals surface area (Å²) in [5, 5.41) is 8.76. The number of carbonyl (C=O) groups excluding carboxylic acids is 2. The van der Waals surface area contributed by atoms with Gasteiger partial charge in [0.15, 0.2) is 5.78 Å². The average Bonchev–Trinajstić information content (AvgIpc) is 2.53. The standard InChI is InChI=1S/C16H22N2O3/c1-13(20)14-4-6-15(7-5-14)17-8-10-18(11-9-17)16(21)3-2-12-19/h4-7,19H,2-3,8-12H2,1H3. The third-order valence-corrected chi connectivity index (χ3v) is 3.82. The molecule has 1 amide bonds. The maximum Gasteiger partial charge on any atom is 0.222 e. The van der Waals surface area contributed by atoms with Crippen LogP contribution in [-0.4, -0.2) is 54.5 Å². The Morgan fingerprint density at radius 3 is 2.24 bits per heavy atom. The monoisotopic (exact) mass is 290 g/mol. The second-order valence-electron chi connectivity index (χ2n) is 5.30. The van der Waals surface area contributed by atoms with Gasteiger partial charge in [0, 0.05) is 50.5 Å². The van der Waals surface area contributed by atoms with Gasteiger partial charge in [-0.3, -0.25) is 9.59 Å². The van der Waals surface area contributed by atoms with Crippen LogP contribution in [0.25, 0.3) is 0 Å². The molecule has 0 radical (unpaired) electrons. The van der Waals surface area contributed by atoms with E-state index in [0.29, 0.717) is 25.9 Å². The zero-order valence-corrected chi connectivity index (χ0v) is 12.4. The number of Topliss-reactive ketones (excluding diaryl/α,β-unsaturated/α-hetero) is 1. The van der Waals surface area contributed by atoms with Gasteiger partial charge >= 0.3 is 0 Å². The predicted octanol–water partition coefficient (Wildman–Crippen LogP) is 1.31. The molecule has 1 aliphatic rings. The number of carbonyl (C=O) groups is 2. The Morgan fingerprint density at radius 1 is 1.10 bits per heavy atom. The second kappa shape index (κ2) is 7.22. The number of hydrogen-bond donors (Lipinski definition) is 1. The molecule has 1 fully saturated rings. The summed E-state index contributed by atoms with van der Waals surface area (Å²) >= 11 is 0. The maximum atomic E-state index is 11.9. The van der Waals surface area contributed by atoms with Crippen LogP contribution in [-0.2, 0) is 4.79 Å². The van der Waals surface area contributed by atoms with Gasteiger partial charge in [0.05, 0.1) is 0 Å². The van der Waals surface area contributed by atoms with E-state index in [-0.39, 0.29) is 18.3 Å². The largest absolute Gasteiger partial charge is 0.396 e. The van der Waals surface area contributed by atoms with Crippen molar-refractivity contribution in [1.29, 1.82) is 0 Å². The summed E-state index contributed by atoms with van der Waals surface area (Å²) in [4.78, 5) is 27.2. The van der Waals surface area contributed by atoms with Gasteiger partial charge in [0.1, 0.15) is 0 Å². The van der Waals surface area contributed by atoms with Crippen molar-refractivity contribution in [3.63, 3.8) is 0 Å². The van der Waals surface area contributed by atoms with Crippen LogP contribution in [0.15, 0.2) is 24.3 Å². The summed E-state index contributed by atoms with van der Waals surface area (Å²) in [5.41, 5.74) is 1.80. The molecule has 5 heteroatoms. The minimum absolute atomic E-state index is 0.0637. The SMILES string of the molecule is CC(=O)c1ccc(N2CCN(C(=O)CCCO)CC2)cc1. The number of ketones is 1. The Kier molecular flexibility index (Phi) is 5.33. The molecular formula is C16H22N2O3. The van der Waals surface area contributed by atoms with Crippen molar-refractivity contribution < 1.29 is 14.7 Å². The molecule has 1 aromatic rings. The number of piperazine rings is 1. The summed E-state index contributed by atoms with van der Waals surface area (Å²) in [5.74, 6) is 0.191. The minimum atomic E-state index is 0.0637. The van der Waals surface area contributed by atoms with Gasteiger partial charge in [-0.2, -0.15) is 0 Å². The first kappa shape index (κ1) is 15.5. The number of rotatable bonds is 5. The van der Waals surface area contributed by atoms with E-state index in [1.807, 2.05) is 29.2 Å². The average molecular weight is 290 g/mol. The first-order valence-electron chi connectivity index (χ1n) is 7.36. The zero-order valence-electron chi connectivity index (χ0n) is 12.4. The lowest BCUT2D eigenvalue weighted by Crippen LogP contribution is -2.48. The van der Waals surface area contributed by atoms with Crippen LogP contribution in [0.2, 0.25) is 0 Å². The first-order valence-corrected chi connectivity index (χ1v) is 7.36. The van der Waals surface area contributed by atoms with Crippen molar-refractivity contribution in [2.45, 2.75) is 19.8 Å². The third kappa shape index (κ3) is 4.04. The molecule has 0 aromatic heterocycles. The van der Waals surface area contributed by atoms with Crippen LogP contribution in [0, 0.1) is 0 Å². The number of aliphatic hydroxyl groups excluding tert-OH is 1. The number of benzene rings is 1. The lowest BCUT2D eigenvalue weighted by Gasteiger charge is -2.36. The molecule has 1 saturated heterocycles. The molecule has 0 spiro atoms. The molecule has 114 valence electrons. The Bertz CT molecular complexity index is 491. The highest BCUT2D eigenvalue weighted by molar-refractivity contribution is 5.94.